The van der Waals surface area contributed by atoms with Crippen LogP contribution in [0.25, 0.3) is 0 Å². The Morgan fingerprint density at radius 2 is 2.00 bits per heavy atom. The minimum absolute atomic E-state index is 0.183. The fourth-order valence-electron chi connectivity index (χ4n) is 0.948. The van der Waals surface area contributed by atoms with Crippen molar-refractivity contribution in [3.05, 3.63) is 0 Å². The summed E-state index contributed by atoms with van der Waals surface area (Å²) in [6.07, 6.45) is 1.58. The maximum absolute atomic E-state index is 12.8. The van der Waals surface area contributed by atoms with Gasteiger partial charge in [-0.1, -0.05) is 13.8 Å². The Morgan fingerprint density at radius 1 is 1.56 bits per heavy atom. The molecule has 1 atom stereocenters. The molecule has 0 bridgehead atoms. The minimum atomic E-state index is -2.14. The SMILES string of the molecule is CC(C)C([O])(F)C1CC1. The van der Waals surface area contributed by atoms with Crippen molar-refractivity contribution in [3.8, 4) is 0 Å². The van der Waals surface area contributed by atoms with Crippen LogP contribution >= 0.6 is 0 Å². The van der Waals surface area contributed by atoms with E-state index in [2.05, 4.69) is 0 Å². The highest BCUT2D eigenvalue weighted by atomic mass is 19.2. The topological polar surface area (TPSA) is 19.9 Å². The molecule has 0 spiro atoms. The van der Waals surface area contributed by atoms with Gasteiger partial charge >= 0.3 is 0 Å². The van der Waals surface area contributed by atoms with Crippen molar-refractivity contribution >= 4 is 0 Å². The Kier molecular flexibility index (Phi) is 1.51. The van der Waals surface area contributed by atoms with Gasteiger partial charge in [-0.05, 0) is 12.8 Å². The van der Waals surface area contributed by atoms with E-state index in [1.165, 1.54) is 0 Å². The monoisotopic (exact) mass is 131 g/mol. The average molecular weight is 131 g/mol. The van der Waals surface area contributed by atoms with Gasteiger partial charge in [0.1, 0.15) is 0 Å². The van der Waals surface area contributed by atoms with Crippen molar-refractivity contribution in [2.24, 2.45) is 11.8 Å². The fraction of sp³-hybridized carbons (Fsp3) is 1.00. The molecule has 1 aliphatic rings. The summed E-state index contributed by atoms with van der Waals surface area (Å²) in [6.45, 7) is 3.29. The molecule has 1 unspecified atom stereocenters. The van der Waals surface area contributed by atoms with E-state index in [4.69, 9.17) is 0 Å². The quantitative estimate of drug-likeness (QED) is 0.547. The lowest BCUT2D eigenvalue weighted by molar-refractivity contribution is -0.189. The van der Waals surface area contributed by atoms with Crippen LogP contribution in [0.2, 0.25) is 0 Å². The smallest absolute Gasteiger partial charge is 0.209 e. The van der Waals surface area contributed by atoms with Crippen molar-refractivity contribution in [3.63, 3.8) is 0 Å². The summed E-state index contributed by atoms with van der Waals surface area (Å²) in [6, 6.07) is 0. The molecule has 1 aliphatic carbocycles. The van der Waals surface area contributed by atoms with Crippen LogP contribution in [0.5, 0.6) is 0 Å². The summed E-state index contributed by atoms with van der Waals surface area (Å²) in [5.74, 6) is -2.69. The molecule has 0 N–H and O–H groups in total. The van der Waals surface area contributed by atoms with Crippen molar-refractivity contribution < 1.29 is 9.50 Å². The highest BCUT2D eigenvalue weighted by molar-refractivity contribution is 4.88. The van der Waals surface area contributed by atoms with Gasteiger partial charge in [0.2, 0.25) is 5.85 Å². The first-order valence-electron chi connectivity index (χ1n) is 3.44. The van der Waals surface area contributed by atoms with Gasteiger partial charge in [0.05, 0.1) is 0 Å². The normalized spacial score (nSPS) is 26.3. The zero-order valence-corrected chi connectivity index (χ0v) is 5.86. The van der Waals surface area contributed by atoms with Gasteiger partial charge < -0.3 is 0 Å². The zero-order chi connectivity index (χ0) is 7.07. The molecule has 1 saturated carbocycles. The molecule has 2 heteroatoms. The predicted octanol–water partition coefficient (Wildman–Crippen LogP) is 2.15. The van der Waals surface area contributed by atoms with Crippen LogP contribution in [0.3, 0.4) is 0 Å². The van der Waals surface area contributed by atoms with Gasteiger partial charge in [-0.2, -0.15) is 5.11 Å². The summed E-state index contributed by atoms with van der Waals surface area (Å²) < 4.78 is 12.8. The van der Waals surface area contributed by atoms with Crippen LogP contribution in [-0.2, 0) is 5.11 Å². The van der Waals surface area contributed by atoms with Crippen LogP contribution in [-0.4, -0.2) is 5.85 Å². The Balaban J connectivity index is 2.48. The molecule has 0 amide bonds. The predicted molar refractivity (Wildman–Crippen MR) is 32.1 cm³/mol. The fourth-order valence-corrected chi connectivity index (χ4v) is 0.948. The second-order valence-electron chi connectivity index (χ2n) is 3.13. The zero-order valence-electron chi connectivity index (χ0n) is 5.86. The number of hydrogen-bond donors (Lipinski definition) is 0. The third kappa shape index (κ3) is 1.23. The molecule has 0 aromatic rings. The Hall–Kier alpha value is -0.110. The summed E-state index contributed by atoms with van der Waals surface area (Å²) >= 11 is 0. The Bertz CT molecular complexity index is 101. The first-order chi connectivity index (χ1) is 4.05. The third-order valence-corrected chi connectivity index (χ3v) is 1.92. The van der Waals surface area contributed by atoms with Crippen molar-refractivity contribution in [2.75, 3.05) is 0 Å². The molecule has 0 heterocycles. The number of halogens is 1. The summed E-state index contributed by atoms with van der Waals surface area (Å²) in [5.41, 5.74) is 0. The van der Waals surface area contributed by atoms with Gasteiger partial charge in [-0.25, -0.2) is 4.39 Å². The highest BCUT2D eigenvalue weighted by Crippen LogP contribution is 2.44. The van der Waals surface area contributed by atoms with Crippen molar-refractivity contribution in [1.82, 2.24) is 0 Å². The van der Waals surface area contributed by atoms with Crippen molar-refractivity contribution in [2.45, 2.75) is 32.5 Å². The molecule has 1 nitrogen and oxygen atoms in total. The first-order valence-corrected chi connectivity index (χ1v) is 3.44. The average Bonchev–Trinajstić information content (AvgIpc) is 2.42. The van der Waals surface area contributed by atoms with Crippen LogP contribution in [0.15, 0.2) is 0 Å². The molecule has 0 aromatic carbocycles. The van der Waals surface area contributed by atoms with E-state index in [0.717, 1.165) is 12.8 Å². The Morgan fingerprint density at radius 3 is 2.11 bits per heavy atom. The molecule has 0 aromatic heterocycles. The summed E-state index contributed by atoms with van der Waals surface area (Å²) in [7, 11) is 0. The van der Waals surface area contributed by atoms with Gasteiger partial charge in [-0.3, -0.25) is 0 Å². The lowest BCUT2D eigenvalue weighted by Gasteiger charge is -2.19. The second kappa shape index (κ2) is 1.94. The molecule has 1 fully saturated rings. The Labute approximate surface area is 54.9 Å². The van der Waals surface area contributed by atoms with E-state index >= 15 is 0 Å². The molecule has 53 valence electrons. The molecule has 1 radical (unpaired) electrons. The standard InChI is InChI=1S/C7H12FO/c1-5(2)7(8,9)6-3-4-6/h5-6H,3-4H2,1-2H3. The number of rotatable bonds is 2. The molecule has 9 heavy (non-hydrogen) atoms. The molecular formula is C7H12FO. The van der Waals surface area contributed by atoms with Crippen LogP contribution in [0.4, 0.5) is 4.39 Å². The maximum Gasteiger partial charge on any atom is 0.246 e. The van der Waals surface area contributed by atoms with E-state index in [1.54, 1.807) is 13.8 Å². The van der Waals surface area contributed by atoms with E-state index in [0.29, 0.717) is 0 Å². The highest BCUT2D eigenvalue weighted by Gasteiger charge is 2.48. The van der Waals surface area contributed by atoms with Gasteiger partial charge in [0.15, 0.2) is 0 Å². The van der Waals surface area contributed by atoms with Crippen LogP contribution < -0.4 is 0 Å². The molecule has 0 saturated heterocycles. The van der Waals surface area contributed by atoms with E-state index in [9.17, 15) is 9.50 Å². The summed E-state index contributed by atoms with van der Waals surface area (Å²) in [4.78, 5) is 0. The van der Waals surface area contributed by atoms with Gasteiger partial charge in [-0.15, -0.1) is 0 Å². The largest absolute Gasteiger partial charge is 0.246 e. The van der Waals surface area contributed by atoms with Crippen molar-refractivity contribution in [1.29, 1.82) is 0 Å². The lowest BCUT2D eigenvalue weighted by Crippen LogP contribution is -2.29. The summed E-state index contributed by atoms with van der Waals surface area (Å²) in [5, 5.41) is 10.9. The van der Waals surface area contributed by atoms with E-state index < -0.39 is 5.85 Å². The molecule has 1 rings (SSSR count). The second-order valence-corrected chi connectivity index (χ2v) is 3.13. The third-order valence-electron chi connectivity index (χ3n) is 1.92. The minimum Gasteiger partial charge on any atom is -0.209 e. The van der Waals surface area contributed by atoms with Gasteiger partial charge in [0, 0.05) is 11.8 Å². The van der Waals surface area contributed by atoms with Crippen LogP contribution in [0.1, 0.15) is 26.7 Å². The number of hydrogen-bond acceptors (Lipinski definition) is 0. The van der Waals surface area contributed by atoms with Crippen LogP contribution in [0, 0.1) is 11.8 Å². The molecule has 0 aliphatic heterocycles. The molecular weight excluding hydrogens is 119 g/mol. The van der Waals surface area contributed by atoms with Gasteiger partial charge in [0.25, 0.3) is 0 Å². The maximum atomic E-state index is 12.8. The lowest BCUT2D eigenvalue weighted by atomic mass is 10.0. The number of alkyl halides is 1. The van der Waals surface area contributed by atoms with E-state index in [-0.39, 0.29) is 11.8 Å². The first kappa shape index (κ1) is 7.00. The van der Waals surface area contributed by atoms with E-state index in [1.807, 2.05) is 0 Å².